The minimum atomic E-state index is -1.44. The standard InChI is InChI=1S/C22H23Cl2NO4/c1-2-3-6-11-27-18-8-5-4-7-15(18)14-25-20-16(9-10-17(23)19(20)24)22(21(25)26)28-12-13-29-22/h4-5,7-10H,2-3,6,11-14H2,1H3. The van der Waals surface area contributed by atoms with Crippen LogP contribution in [0.25, 0.3) is 0 Å². The van der Waals surface area contributed by atoms with Crippen LogP contribution in [0.4, 0.5) is 5.69 Å². The van der Waals surface area contributed by atoms with Crippen molar-refractivity contribution in [2.75, 3.05) is 24.7 Å². The molecule has 7 heteroatoms. The highest BCUT2D eigenvalue weighted by Crippen LogP contribution is 2.51. The molecule has 1 spiro atoms. The summed E-state index contributed by atoms with van der Waals surface area (Å²) in [6.07, 6.45) is 3.24. The van der Waals surface area contributed by atoms with Gasteiger partial charge in [0.25, 0.3) is 11.7 Å². The molecule has 0 atom stereocenters. The van der Waals surface area contributed by atoms with Gasteiger partial charge in [0, 0.05) is 11.1 Å². The average molecular weight is 436 g/mol. The van der Waals surface area contributed by atoms with Gasteiger partial charge < -0.3 is 19.1 Å². The van der Waals surface area contributed by atoms with Gasteiger partial charge in [-0.25, -0.2) is 0 Å². The van der Waals surface area contributed by atoms with E-state index in [1.54, 1.807) is 17.0 Å². The van der Waals surface area contributed by atoms with E-state index < -0.39 is 5.79 Å². The van der Waals surface area contributed by atoms with Gasteiger partial charge in [-0.3, -0.25) is 4.79 Å². The van der Waals surface area contributed by atoms with Crippen LogP contribution in [0, 0.1) is 0 Å². The molecule has 2 aliphatic rings. The first-order valence-corrected chi connectivity index (χ1v) is 10.6. The summed E-state index contributed by atoms with van der Waals surface area (Å²) >= 11 is 12.8. The summed E-state index contributed by atoms with van der Waals surface area (Å²) in [5.74, 6) is -0.985. The molecule has 0 N–H and O–H groups in total. The number of unbranched alkanes of at least 4 members (excludes halogenated alkanes) is 2. The van der Waals surface area contributed by atoms with Crippen LogP contribution in [0.3, 0.4) is 0 Å². The zero-order valence-electron chi connectivity index (χ0n) is 16.2. The Labute approximate surface area is 180 Å². The van der Waals surface area contributed by atoms with E-state index >= 15 is 0 Å². The zero-order valence-corrected chi connectivity index (χ0v) is 17.8. The minimum absolute atomic E-state index is 0.282. The predicted octanol–water partition coefficient (Wildman–Crippen LogP) is 5.31. The van der Waals surface area contributed by atoms with Crippen LogP contribution in [0.1, 0.15) is 37.3 Å². The summed E-state index contributed by atoms with van der Waals surface area (Å²) in [7, 11) is 0. The summed E-state index contributed by atoms with van der Waals surface area (Å²) in [4.78, 5) is 15.0. The average Bonchev–Trinajstić information content (AvgIpc) is 3.30. The summed E-state index contributed by atoms with van der Waals surface area (Å²) in [6.45, 7) is 3.76. The van der Waals surface area contributed by atoms with Crippen LogP contribution in [0.2, 0.25) is 10.0 Å². The fourth-order valence-corrected chi connectivity index (χ4v) is 4.21. The lowest BCUT2D eigenvalue weighted by molar-refractivity contribution is -0.180. The zero-order chi connectivity index (χ0) is 20.4. The van der Waals surface area contributed by atoms with Gasteiger partial charge in [-0.15, -0.1) is 0 Å². The lowest BCUT2D eigenvalue weighted by Gasteiger charge is -2.23. The predicted molar refractivity (Wildman–Crippen MR) is 113 cm³/mol. The summed E-state index contributed by atoms with van der Waals surface area (Å²) in [6, 6.07) is 11.1. The third-order valence-electron chi connectivity index (χ3n) is 5.22. The van der Waals surface area contributed by atoms with Crippen molar-refractivity contribution in [2.45, 2.75) is 38.5 Å². The number of para-hydroxylation sites is 1. The van der Waals surface area contributed by atoms with Crippen LogP contribution in [-0.2, 0) is 26.6 Å². The lowest BCUT2D eigenvalue weighted by Crippen LogP contribution is -2.41. The molecule has 2 heterocycles. The second-order valence-corrected chi connectivity index (χ2v) is 7.91. The molecule has 1 saturated heterocycles. The molecule has 0 saturated carbocycles. The number of carbonyl (C=O) groups is 1. The SMILES string of the molecule is CCCCCOc1ccccc1CN1C(=O)C2(OCCO2)c2ccc(Cl)c(Cl)c21. The number of anilines is 1. The Morgan fingerprint density at radius 1 is 1.10 bits per heavy atom. The first-order chi connectivity index (χ1) is 14.1. The number of ether oxygens (including phenoxy) is 3. The number of hydrogen-bond acceptors (Lipinski definition) is 4. The largest absolute Gasteiger partial charge is 0.493 e. The van der Waals surface area contributed by atoms with Crippen LogP contribution in [0.15, 0.2) is 36.4 Å². The highest BCUT2D eigenvalue weighted by atomic mass is 35.5. The molecule has 4 rings (SSSR count). The molecule has 2 aliphatic heterocycles. The fourth-order valence-electron chi connectivity index (χ4n) is 3.79. The molecule has 1 amide bonds. The van der Waals surface area contributed by atoms with Crippen molar-refractivity contribution < 1.29 is 19.0 Å². The number of fused-ring (bicyclic) bond motifs is 2. The molecule has 2 aromatic carbocycles. The number of nitrogens with zero attached hydrogens (tertiary/aromatic N) is 1. The minimum Gasteiger partial charge on any atom is -0.493 e. The van der Waals surface area contributed by atoms with Crippen molar-refractivity contribution >= 4 is 34.8 Å². The molecule has 0 unspecified atom stereocenters. The summed E-state index contributed by atoms with van der Waals surface area (Å²) < 4.78 is 17.5. The van der Waals surface area contributed by atoms with Gasteiger partial charge in [0.2, 0.25) is 0 Å². The molecular weight excluding hydrogens is 413 g/mol. The van der Waals surface area contributed by atoms with E-state index in [0.717, 1.165) is 30.6 Å². The van der Waals surface area contributed by atoms with Crippen molar-refractivity contribution in [1.29, 1.82) is 0 Å². The van der Waals surface area contributed by atoms with E-state index in [2.05, 4.69) is 6.92 Å². The van der Waals surface area contributed by atoms with E-state index in [1.807, 2.05) is 24.3 Å². The molecule has 1 fully saturated rings. The molecule has 0 bridgehead atoms. The second kappa shape index (κ2) is 8.52. The third kappa shape index (κ3) is 3.61. The maximum atomic E-state index is 13.4. The van der Waals surface area contributed by atoms with Gasteiger partial charge in [0.15, 0.2) is 0 Å². The highest BCUT2D eigenvalue weighted by Gasteiger charge is 2.57. The van der Waals surface area contributed by atoms with Crippen LogP contribution in [0.5, 0.6) is 5.75 Å². The van der Waals surface area contributed by atoms with Gasteiger partial charge in [0.1, 0.15) is 5.75 Å². The molecule has 29 heavy (non-hydrogen) atoms. The first kappa shape index (κ1) is 20.5. The second-order valence-electron chi connectivity index (χ2n) is 7.13. The Morgan fingerprint density at radius 2 is 1.86 bits per heavy atom. The smallest absolute Gasteiger partial charge is 0.292 e. The van der Waals surface area contributed by atoms with Crippen LogP contribution >= 0.6 is 23.2 Å². The Hall–Kier alpha value is -1.79. The van der Waals surface area contributed by atoms with Crippen LogP contribution < -0.4 is 9.64 Å². The number of carbonyl (C=O) groups excluding carboxylic acids is 1. The molecule has 0 radical (unpaired) electrons. The maximum Gasteiger partial charge on any atom is 0.292 e. The maximum absolute atomic E-state index is 13.4. The third-order valence-corrected chi connectivity index (χ3v) is 6.02. The number of hydrogen-bond donors (Lipinski definition) is 0. The molecule has 0 aliphatic carbocycles. The lowest BCUT2D eigenvalue weighted by atomic mass is 10.1. The van der Waals surface area contributed by atoms with Gasteiger partial charge in [-0.2, -0.15) is 0 Å². The van der Waals surface area contributed by atoms with Crippen molar-refractivity contribution in [3.63, 3.8) is 0 Å². The number of halogens is 2. The van der Waals surface area contributed by atoms with E-state index in [-0.39, 0.29) is 12.5 Å². The molecule has 0 aromatic heterocycles. The van der Waals surface area contributed by atoms with Crippen LogP contribution in [-0.4, -0.2) is 25.7 Å². The van der Waals surface area contributed by atoms with Gasteiger partial charge >= 0.3 is 0 Å². The van der Waals surface area contributed by atoms with E-state index in [0.29, 0.717) is 41.1 Å². The quantitative estimate of drug-likeness (QED) is 0.552. The first-order valence-electron chi connectivity index (χ1n) is 9.87. The van der Waals surface area contributed by atoms with Gasteiger partial charge in [-0.05, 0) is 24.6 Å². The summed E-state index contributed by atoms with van der Waals surface area (Å²) in [5.41, 5.74) is 2.01. The Balaban J connectivity index is 1.67. The molecule has 5 nitrogen and oxygen atoms in total. The Bertz CT molecular complexity index is 912. The van der Waals surface area contributed by atoms with E-state index in [4.69, 9.17) is 37.4 Å². The molecular formula is C22H23Cl2NO4. The van der Waals surface area contributed by atoms with E-state index in [1.165, 1.54) is 0 Å². The normalized spacial score (nSPS) is 17.2. The van der Waals surface area contributed by atoms with Gasteiger partial charge in [0.05, 0.1) is 42.1 Å². The molecule has 154 valence electrons. The monoisotopic (exact) mass is 435 g/mol. The van der Waals surface area contributed by atoms with Crippen molar-refractivity contribution in [2.24, 2.45) is 0 Å². The number of benzene rings is 2. The Morgan fingerprint density at radius 3 is 2.62 bits per heavy atom. The fraction of sp³-hybridized carbons (Fsp3) is 0.409. The van der Waals surface area contributed by atoms with Gasteiger partial charge in [-0.1, -0.05) is 61.2 Å². The van der Waals surface area contributed by atoms with Crippen molar-refractivity contribution in [3.05, 3.63) is 57.6 Å². The topological polar surface area (TPSA) is 48.0 Å². The highest BCUT2D eigenvalue weighted by molar-refractivity contribution is 6.44. The molecule has 2 aromatic rings. The van der Waals surface area contributed by atoms with Crippen molar-refractivity contribution in [3.8, 4) is 5.75 Å². The summed E-state index contributed by atoms with van der Waals surface area (Å²) in [5, 5.41) is 0.692. The van der Waals surface area contributed by atoms with Crippen molar-refractivity contribution in [1.82, 2.24) is 0 Å². The number of amides is 1. The Kier molecular flexibility index (Phi) is 6.02. The number of rotatable bonds is 7. The van der Waals surface area contributed by atoms with E-state index in [9.17, 15) is 4.79 Å².